The van der Waals surface area contributed by atoms with Crippen LogP contribution >= 0.6 is 0 Å². The molecule has 4 heteroatoms. The SMILES string of the molecule is CC(=O)c1cc(-c2ccc(C(=O)OC(C)(C)C)cc2)ccc1OCc1ccccc1. The summed E-state index contributed by atoms with van der Waals surface area (Å²) < 4.78 is 11.3. The highest BCUT2D eigenvalue weighted by Gasteiger charge is 2.18. The molecule has 0 aliphatic heterocycles. The standard InChI is InChI=1S/C26H26O4/c1-18(27)23-16-22(14-15-24(23)29-17-19-8-6-5-7-9-19)20-10-12-21(13-11-20)25(28)30-26(2,3)4/h5-16H,17H2,1-4H3. The smallest absolute Gasteiger partial charge is 0.338 e. The van der Waals surface area contributed by atoms with Crippen molar-refractivity contribution in [2.45, 2.75) is 39.9 Å². The molecule has 0 saturated heterocycles. The number of carbonyl (C=O) groups excluding carboxylic acids is 2. The summed E-state index contributed by atoms with van der Waals surface area (Å²) in [5, 5.41) is 0. The molecule has 0 unspecified atom stereocenters. The summed E-state index contributed by atoms with van der Waals surface area (Å²) in [7, 11) is 0. The van der Waals surface area contributed by atoms with Crippen molar-refractivity contribution in [1.29, 1.82) is 0 Å². The van der Waals surface area contributed by atoms with Gasteiger partial charge in [0.2, 0.25) is 0 Å². The quantitative estimate of drug-likeness (QED) is 0.370. The molecule has 0 fully saturated rings. The summed E-state index contributed by atoms with van der Waals surface area (Å²) in [6.07, 6.45) is 0. The van der Waals surface area contributed by atoms with Gasteiger partial charge in [0.15, 0.2) is 5.78 Å². The van der Waals surface area contributed by atoms with E-state index in [2.05, 4.69) is 0 Å². The number of hydrogen-bond donors (Lipinski definition) is 0. The summed E-state index contributed by atoms with van der Waals surface area (Å²) in [5.41, 5.74) is 3.29. The van der Waals surface area contributed by atoms with E-state index in [1.165, 1.54) is 6.92 Å². The minimum Gasteiger partial charge on any atom is -0.488 e. The lowest BCUT2D eigenvalue weighted by atomic mass is 9.99. The van der Waals surface area contributed by atoms with Crippen LogP contribution in [0, 0.1) is 0 Å². The van der Waals surface area contributed by atoms with Crippen molar-refractivity contribution in [3.63, 3.8) is 0 Å². The molecule has 0 bridgehead atoms. The molecule has 3 aromatic rings. The first-order valence-corrected chi connectivity index (χ1v) is 9.88. The molecule has 0 aromatic heterocycles. The first kappa shape index (κ1) is 21.3. The van der Waals surface area contributed by atoms with E-state index in [0.717, 1.165) is 16.7 Å². The maximum Gasteiger partial charge on any atom is 0.338 e. The molecule has 0 aliphatic rings. The Labute approximate surface area is 177 Å². The van der Waals surface area contributed by atoms with Gasteiger partial charge >= 0.3 is 5.97 Å². The third-order valence-corrected chi connectivity index (χ3v) is 4.45. The third-order valence-electron chi connectivity index (χ3n) is 4.45. The molecule has 154 valence electrons. The van der Waals surface area contributed by atoms with Gasteiger partial charge in [-0.15, -0.1) is 0 Å². The Morgan fingerprint density at radius 1 is 0.833 bits per heavy atom. The normalized spacial score (nSPS) is 11.1. The van der Waals surface area contributed by atoms with Crippen molar-refractivity contribution < 1.29 is 19.1 Å². The number of esters is 1. The monoisotopic (exact) mass is 402 g/mol. The van der Waals surface area contributed by atoms with Gasteiger partial charge in [0.1, 0.15) is 18.0 Å². The lowest BCUT2D eigenvalue weighted by molar-refractivity contribution is 0.00694. The van der Waals surface area contributed by atoms with Crippen molar-refractivity contribution >= 4 is 11.8 Å². The Kier molecular flexibility index (Phi) is 6.36. The molecular weight excluding hydrogens is 376 g/mol. The molecule has 30 heavy (non-hydrogen) atoms. The van der Waals surface area contributed by atoms with Gasteiger partial charge in [0.05, 0.1) is 11.1 Å². The van der Waals surface area contributed by atoms with Gasteiger partial charge in [0, 0.05) is 0 Å². The molecule has 0 spiro atoms. The molecule has 0 aliphatic carbocycles. The van der Waals surface area contributed by atoms with Crippen molar-refractivity contribution in [1.82, 2.24) is 0 Å². The zero-order chi connectivity index (χ0) is 21.7. The number of ether oxygens (including phenoxy) is 2. The van der Waals surface area contributed by atoms with Crippen LogP contribution in [-0.4, -0.2) is 17.4 Å². The number of Topliss-reactive ketones (excluding diaryl/α,β-unsaturated/α-hetero) is 1. The predicted octanol–water partition coefficient (Wildman–Crippen LogP) is 6.09. The van der Waals surface area contributed by atoms with Gasteiger partial charge in [-0.25, -0.2) is 4.79 Å². The van der Waals surface area contributed by atoms with Crippen LogP contribution in [0.15, 0.2) is 72.8 Å². The van der Waals surface area contributed by atoms with Crippen LogP contribution in [0.25, 0.3) is 11.1 Å². The minimum absolute atomic E-state index is 0.0645. The zero-order valence-electron chi connectivity index (χ0n) is 17.8. The average Bonchev–Trinajstić information content (AvgIpc) is 2.72. The Balaban J connectivity index is 1.80. The van der Waals surface area contributed by atoms with Crippen molar-refractivity contribution in [2.24, 2.45) is 0 Å². The molecule has 0 saturated carbocycles. The Morgan fingerprint density at radius 3 is 2.07 bits per heavy atom. The average molecular weight is 402 g/mol. The highest BCUT2D eigenvalue weighted by Crippen LogP contribution is 2.28. The zero-order valence-corrected chi connectivity index (χ0v) is 17.8. The Morgan fingerprint density at radius 2 is 1.47 bits per heavy atom. The van der Waals surface area contributed by atoms with E-state index < -0.39 is 5.60 Å². The van der Waals surface area contributed by atoms with Crippen LogP contribution in [0.2, 0.25) is 0 Å². The van der Waals surface area contributed by atoms with E-state index in [4.69, 9.17) is 9.47 Å². The number of rotatable bonds is 6. The molecule has 0 N–H and O–H groups in total. The lowest BCUT2D eigenvalue weighted by Crippen LogP contribution is -2.23. The van der Waals surface area contributed by atoms with Crippen molar-refractivity contribution in [2.75, 3.05) is 0 Å². The summed E-state index contributed by atoms with van der Waals surface area (Å²) >= 11 is 0. The molecule has 0 atom stereocenters. The highest BCUT2D eigenvalue weighted by atomic mass is 16.6. The number of ketones is 1. The van der Waals surface area contributed by atoms with Crippen LogP contribution in [0.1, 0.15) is 54.0 Å². The van der Waals surface area contributed by atoms with Gasteiger partial charge in [-0.2, -0.15) is 0 Å². The molecule has 0 amide bonds. The van der Waals surface area contributed by atoms with Crippen LogP contribution in [0.5, 0.6) is 5.75 Å². The summed E-state index contributed by atoms with van der Waals surface area (Å²) in [4.78, 5) is 24.4. The fourth-order valence-electron chi connectivity index (χ4n) is 2.98. The molecular formula is C26H26O4. The van der Waals surface area contributed by atoms with Gasteiger partial charge in [-0.05, 0) is 68.7 Å². The Bertz CT molecular complexity index is 1030. The van der Waals surface area contributed by atoms with E-state index in [0.29, 0.717) is 23.5 Å². The second-order valence-electron chi connectivity index (χ2n) is 8.12. The fourth-order valence-corrected chi connectivity index (χ4v) is 2.98. The summed E-state index contributed by atoms with van der Waals surface area (Å²) in [6, 6.07) is 22.5. The van der Waals surface area contributed by atoms with Crippen LogP contribution in [0.3, 0.4) is 0 Å². The van der Waals surface area contributed by atoms with Gasteiger partial charge in [-0.3, -0.25) is 4.79 Å². The Hall–Kier alpha value is -3.40. The number of carbonyl (C=O) groups is 2. The van der Waals surface area contributed by atoms with Crippen molar-refractivity contribution in [3.05, 3.63) is 89.5 Å². The van der Waals surface area contributed by atoms with Crippen LogP contribution in [-0.2, 0) is 11.3 Å². The molecule has 4 nitrogen and oxygen atoms in total. The van der Waals surface area contributed by atoms with Crippen LogP contribution < -0.4 is 4.74 Å². The maximum atomic E-state index is 12.2. The first-order valence-electron chi connectivity index (χ1n) is 9.88. The number of hydrogen-bond acceptors (Lipinski definition) is 4. The largest absolute Gasteiger partial charge is 0.488 e. The molecule has 0 heterocycles. The summed E-state index contributed by atoms with van der Waals surface area (Å²) in [5.74, 6) is 0.133. The van der Waals surface area contributed by atoms with Gasteiger partial charge in [0.25, 0.3) is 0 Å². The molecule has 0 radical (unpaired) electrons. The lowest BCUT2D eigenvalue weighted by Gasteiger charge is -2.19. The second kappa shape index (κ2) is 8.95. The number of benzene rings is 3. The first-order chi connectivity index (χ1) is 14.2. The maximum absolute atomic E-state index is 12.2. The van der Waals surface area contributed by atoms with E-state index in [1.54, 1.807) is 12.1 Å². The third kappa shape index (κ3) is 5.57. The van der Waals surface area contributed by atoms with E-state index in [1.807, 2.05) is 81.4 Å². The fraction of sp³-hybridized carbons (Fsp3) is 0.231. The van der Waals surface area contributed by atoms with Crippen molar-refractivity contribution in [3.8, 4) is 16.9 Å². The molecule has 3 aromatic carbocycles. The van der Waals surface area contributed by atoms with E-state index in [-0.39, 0.29) is 11.8 Å². The summed E-state index contributed by atoms with van der Waals surface area (Å²) in [6.45, 7) is 7.43. The second-order valence-corrected chi connectivity index (χ2v) is 8.12. The highest BCUT2D eigenvalue weighted by molar-refractivity contribution is 5.98. The van der Waals surface area contributed by atoms with E-state index in [9.17, 15) is 9.59 Å². The topological polar surface area (TPSA) is 52.6 Å². The van der Waals surface area contributed by atoms with Crippen LogP contribution in [0.4, 0.5) is 0 Å². The van der Waals surface area contributed by atoms with Gasteiger partial charge < -0.3 is 9.47 Å². The van der Waals surface area contributed by atoms with E-state index >= 15 is 0 Å². The predicted molar refractivity (Wildman–Crippen MR) is 118 cm³/mol. The minimum atomic E-state index is -0.540. The molecule has 3 rings (SSSR count). The van der Waals surface area contributed by atoms with Gasteiger partial charge in [-0.1, -0.05) is 48.5 Å².